The van der Waals surface area contributed by atoms with Crippen LogP contribution in [0.1, 0.15) is 50.9 Å². The van der Waals surface area contributed by atoms with Crippen molar-refractivity contribution in [3.05, 3.63) is 29.8 Å². The summed E-state index contributed by atoms with van der Waals surface area (Å²) in [6, 6.07) is 7.31. The second kappa shape index (κ2) is 7.39. The molecule has 0 radical (unpaired) electrons. The molecule has 1 amide bonds. The molecule has 1 aromatic rings. The highest BCUT2D eigenvalue weighted by molar-refractivity contribution is 5.99. The van der Waals surface area contributed by atoms with Crippen molar-refractivity contribution in [3.63, 3.8) is 0 Å². The van der Waals surface area contributed by atoms with E-state index in [9.17, 15) is 4.79 Å². The van der Waals surface area contributed by atoms with Gasteiger partial charge in [-0.25, -0.2) is 0 Å². The number of benzene rings is 1. The monoisotopic (exact) mass is 284 g/mol. The lowest BCUT2D eigenvalue weighted by Gasteiger charge is -2.21. The number of hydrogen-bond donors (Lipinski definition) is 2. The van der Waals surface area contributed by atoms with Crippen molar-refractivity contribution >= 4 is 24.0 Å². The highest BCUT2D eigenvalue weighted by Crippen LogP contribution is 2.21. The fraction of sp³-hybridized carbons (Fsp3) is 0.533. The van der Waals surface area contributed by atoms with Gasteiger partial charge in [-0.15, -0.1) is 12.4 Å². The summed E-state index contributed by atoms with van der Waals surface area (Å²) in [5, 5.41) is 2.99. The highest BCUT2D eigenvalue weighted by Gasteiger charge is 2.15. The van der Waals surface area contributed by atoms with Crippen LogP contribution in [-0.2, 0) is 0 Å². The van der Waals surface area contributed by atoms with Crippen molar-refractivity contribution in [1.29, 1.82) is 0 Å². The molecule has 0 spiro atoms. The minimum Gasteiger partial charge on any atom is -0.398 e. The Morgan fingerprint density at radius 1 is 1.32 bits per heavy atom. The van der Waals surface area contributed by atoms with Crippen molar-refractivity contribution < 1.29 is 4.79 Å². The first-order valence-corrected chi connectivity index (χ1v) is 6.45. The van der Waals surface area contributed by atoms with Gasteiger partial charge in [-0.1, -0.05) is 32.9 Å². The van der Waals surface area contributed by atoms with Gasteiger partial charge in [0.1, 0.15) is 0 Å². The number of nitrogens with one attached hydrogen (secondary N) is 1. The summed E-state index contributed by atoms with van der Waals surface area (Å²) in [7, 11) is 0. The molecular formula is C15H25ClN2O. The number of amides is 1. The second-order valence-electron chi connectivity index (χ2n) is 6.06. The van der Waals surface area contributed by atoms with Crippen LogP contribution in [0.2, 0.25) is 0 Å². The molecule has 1 unspecified atom stereocenters. The molecule has 0 aliphatic heterocycles. The lowest BCUT2D eigenvalue weighted by Crippen LogP contribution is -2.33. The maximum atomic E-state index is 12.0. The Balaban J connectivity index is 0.00000324. The summed E-state index contributed by atoms with van der Waals surface area (Å²) >= 11 is 0. The predicted octanol–water partition coefficient (Wildman–Crippen LogP) is 3.64. The summed E-state index contributed by atoms with van der Waals surface area (Å²) in [5.74, 6) is -0.0884. The maximum absolute atomic E-state index is 12.0. The number of nitrogen functional groups attached to an aromatic ring is 1. The van der Waals surface area contributed by atoms with Gasteiger partial charge in [0.2, 0.25) is 0 Å². The number of hydrogen-bond acceptors (Lipinski definition) is 2. The van der Waals surface area contributed by atoms with Gasteiger partial charge in [0.25, 0.3) is 5.91 Å². The first kappa shape index (κ1) is 17.8. The van der Waals surface area contributed by atoms with Gasteiger partial charge in [-0.3, -0.25) is 4.79 Å². The summed E-state index contributed by atoms with van der Waals surface area (Å²) in [6.45, 7) is 8.65. The van der Waals surface area contributed by atoms with Gasteiger partial charge in [0.15, 0.2) is 0 Å². The van der Waals surface area contributed by atoms with Crippen LogP contribution in [0.5, 0.6) is 0 Å². The van der Waals surface area contributed by atoms with Gasteiger partial charge >= 0.3 is 0 Å². The molecule has 0 aliphatic carbocycles. The molecule has 3 nitrogen and oxygen atoms in total. The van der Waals surface area contributed by atoms with Gasteiger partial charge in [0.05, 0.1) is 5.56 Å². The van der Waals surface area contributed by atoms with Crippen LogP contribution in [0, 0.1) is 5.41 Å². The van der Waals surface area contributed by atoms with E-state index in [1.165, 1.54) is 0 Å². The molecule has 1 rings (SSSR count). The number of carbonyl (C=O) groups excluding carboxylic acids is 1. The maximum Gasteiger partial charge on any atom is 0.253 e. The zero-order valence-electron chi connectivity index (χ0n) is 12.2. The number of carbonyl (C=O) groups is 1. The molecule has 4 heteroatoms. The van der Waals surface area contributed by atoms with Gasteiger partial charge in [-0.05, 0) is 37.3 Å². The van der Waals surface area contributed by atoms with Crippen LogP contribution in [0.15, 0.2) is 24.3 Å². The molecule has 0 saturated carbocycles. The minimum atomic E-state index is -0.0884. The van der Waals surface area contributed by atoms with Crippen LogP contribution < -0.4 is 11.1 Å². The molecule has 0 saturated heterocycles. The topological polar surface area (TPSA) is 55.1 Å². The average molecular weight is 285 g/mol. The first-order valence-electron chi connectivity index (χ1n) is 6.45. The van der Waals surface area contributed by atoms with E-state index in [-0.39, 0.29) is 24.4 Å². The normalized spacial score (nSPS) is 12.4. The van der Waals surface area contributed by atoms with Crippen LogP contribution in [0.3, 0.4) is 0 Å². The van der Waals surface area contributed by atoms with E-state index >= 15 is 0 Å². The number of halogens is 1. The number of para-hydroxylation sites is 1. The molecule has 3 N–H and O–H groups in total. The van der Waals surface area contributed by atoms with Gasteiger partial charge in [0, 0.05) is 11.7 Å². The average Bonchev–Trinajstić information content (AvgIpc) is 2.26. The molecular weight excluding hydrogens is 260 g/mol. The summed E-state index contributed by atoms with van der Waals surface area (Å²) < 4.78 is 0. The molecule has 1 atom stereocenters. The minimum absolute atomic E-state index is 0. The largest absolute Gasteiger partial charge is 0.398 e. The molecule has 0 fully saturated rings. The predicted molar refractivity (Wildman–Crippen MR) is 83.7 cm³/mol. The molecule has 0 aromatic heterocycles. The zero-order chi connectivity index (χ0) is 13.8. The van der Waals surface area contributed by atoms with E-state index in [0.29, 0.717) is 16.7 Å². The SMILES string of the molecule is CC(CCC(C)(C)C)NC(=O)c1ccccc1N.Cl. The van der Waals surface area contributed by atoms with Gasteiger partial charge < -0.3 is 11.1 Å². The summed E-state index contributed by atoms with van der Waals surface area (Å²) in [6.07, 6.45) is 2.06. The fourth-order valence-electron chi connectivity index (χ4n) is 1.73. The summed E-state index contributed by atoms with van der Waals surface area (Å²) in [4.78, 5) is 12.0. The van der Waals surface area contributed by atoms with Crippen LogP contribution in [0.4, 0.5) is 5.69 Å². The lowest BCUT2D eigenvalue weighted by atomic mass is 9.89. The number of anilines is 1. The lowest BCUT2D eigenvalue weighted by molar-refractivity contribution is 0.0936. The second-order valence-corrected chi connectivity index (χ2v) is 6.06. The van der Waals surface area contributed by atoms with E-state index in [1.807, 2.05) is 19.1 Å². The van der Waals surface area contributed by atoms with E-state index in [1.54, 1.807) is 12.1 Å². The molecule has 0 aliphatic rings. The molecule has 19 heavy (non-hydrogen) atoms. The Hall–Kier alpha value is -1.22. The fourth-order valence-corrected chi connectivity index (χ4v) is 1.73. The Morgan fingerprint density at radius 2 is 1.89 bits per heavy atom. The Morgan fingerprint density at radius 3 is 2.42 bits per heavy atom. The number of rotatable bonds is 4. The van der Waals surface area contributed by atoms with Gasteiger partial charge in [-0.2, -0.15) is 0 Å². The Kier molecular flexibility index (Phi) is 6.91. The molecule has 108 valence electrons. The van der Waals surface area contributed by atoms with Crippen molar-refractivity contribution in [2.75, 3.05) is 5.73 Å². The van der Waals surface area contributed by atoms with Crippen molar-refractivity contribution in [3.8, 4) is 0 Å². The van der Waals surface area contributed by atoms with Crippen LogP contribution in [-0.4, -0.2) is 11.9 Å². The Bertz CT molecular complexity index is 413. The molecule has 0 heterocycles. The van der Waals surface area contributed by atoms with E-state index in [0.717, 1.165) is 12.8 Å². The first-order chi connectivity index (χ1) is 8.29. The highest BCUT2D eigenvalue weighted by atomic mass is 35.5. The van der Waals surface area contributed by atoms with E-state index in [2.05, 4.69) is 26.1 Å². The smallest absolute Gasteiger partial charge is 0.253 e. The van der Waals surface area contributed by atoms with E-state index in [4.69, 9.17) is 5.73 Å². The van der Waals surface area contributed by atoms with Crippen LogP contribution in [0.25, 0.3) is 0 Å². The standard InChI is InChI=1S/C15H24N2O.ClH/c1-11(9-10-15(2,3)4)17-14(18)12-7-5-6-8-13(12)16;/h5-8,11H,9-10,16H2,1-4H3,(H,17,18);1H. The van der Waals surface area contributed by atoms with Crippen molar-refractivity contribution in [2.24, 2.45) is 5.41 Å². The third-order valence-corrected chi connectivity index (χ3v) is 2.91. The van der Waals surface area contributed by atoms with Crippen LogP contribution >= 0.6 is 12.4 Å². The molecule has 0 bridgehead atoms. The summed E-state index contributed by atoms with van der Waals surface area (Å²) in [5.41, 5.74) is 7.16. The third-order valence-electron chi connectivity index (χ3n) is 2.91. The van der Waals surface area contributed by atoms with Crippen molar-refractivity contribution in [2.45, 2.75) is 46.6 Å². The third kappa shape index (κ3) is 6.48. The quantitative estimate of drug-likeness (QED) is 0.830. The number of nitrogens with two attached hydrogens (primary N) is 1. The van der Waals surface area contributed by atoms with Crippen molar-refractivity contribution in [1.82, 2.24) is 5.32 Å². The van der Waals surface area contributed by atoms with E-state index < -0.39 is 0 Å². The Labute approximate surface area is 122 Å². The zero-order valence-corrected chi connectivity index (χ0v) is 13.0. The molecule has 1 aromatic carbocycles.